The van der Waals surface area contributed by atoms with E-state index in [9.17, 15) is 9.59 Å². The summed E-state index contributed by atoms with van der Waals surface area (Å²) in [4.78, 5) is 20.8. The van der Waals surface area contributed by atoms with Crippen molar-refractivity contribution < 1.29 is 9.59 Å². The summed E-state index contributed by atoms with van der Waals surface area (Å²) < 4.78 is 0.186. The normalized spacial score (nSPS) is 18.1. The molecule has 0 atom stereocenters. The highest BCUT2D eigenvalue weighted by Gasteiger charge is 2.15. The Morgan fingerprint density at radius 3 is 2.67 bits per heavy atom. The fourth-order valence-corrected chi connectivity index (χ4v) is 0.665. The minimum Gasteiger partial charge on any atom is -0.268 e. The van der Waals surface area contributed by atoms with Crippen LogP contribution in [0.15, 0.2) is 10.6 Å². The zero-order valence-corrected chi connectivity index (χ0v) is 5.81. The van der Waals surface area contributed by atoms with Crippen LogP contribution in [0.3, 0.4) is 0 Å². The van der Waals surface area contributed by atoms with E-state index >= 15 is 0 Å². The number of rotatable bonds is 0. The van der Waals surface area contributed by atoms with Crippen molar-refractivity contribution in [2.75, 3.05) is 0 Å². The zero-order chi connectivity index (χ0) is 6.85. The molecule has 2 amide bonds. The third kappa shape index (κ3) is 1.29. The van der Waals surface area contributed by atoms with E-state index in [1.54, 1.807) is 0 Å². The van der Waals surface area contributed by atoms with Crippen LogP contribution < -0.4 is 10.9 Å². The fraction of sp³-hybridized carbons (Fsp3) is 0. The molecule has 0 bridgehead atoms. The summed E-state index contributed by atoms with van der Waals surface area (Å²) in [6.45, 7) is 0. The first-order valence-electron chi connectivity index (χ1n) is 2.12. The molecule has 1 radical (unpaired) electrons. The summed E-state index contributed by atoms with van der Waals surface area (Å²) in [6, 6.07) is 0. The lowest BCUT2D eigenvalue weighted by Gasteiger charge is -2.04. The molecule has 5 heteroatoms. The predicted molar refractivity (Wildman–Crippen MR) is 32.3 cm³/mol. The van der Waals surface area contributed by atoms with Crippen molar-refractivity contribution in [1.82, 2.24) is 10.9 Å². The molecular weight excluding hydrogens is 188 g/mol. The van der Waals surface area contributed by atoms with Crippen molar-refractivity contribution in [3.05, 3.63) is 10.6 Å². The molecule has 0 saturated carbocycles. The molecule has 1 rings (SSSR count). The van der Waals surface area contributed by atoms with Crippen LogP contribution in [-0.4, -0.2) is 11.8 Å². The Hall–Kier alpha value is -0.840. The van der Waals surface area contributed by atoms with Gasteiger partial charge in [0, 0.05) is 6.08 Å². The van der Waals surface area contributed by atoms with Crippen molar-refractivity contribution in [1.29, 1.82) is 0 Å². The lowest BCUT2D eigenvalue weighted by atomic mass is 10.4. The molecule has 0 aromatic carbocycles. The third-order valence-corrected chi connectivity index (χ3v) is 1.30. The van der Waals surface area contributed by atoms with Gasteiger partial charge in [0.15, 0.2) is 0 Å². The topological polar surface area (TPSA) is 60.3 Å². The molecule has 4 nitrogen and oxygen atoms in total. The standard InChI is InChI=1S/C4H2BrN2O2/c5-2-1-3(8)6-7-4(2)9/h1H,(H,6,8). The minimum atomic E-state index is -0.463. The highest BCUT2D eigenvalue weighted by molar-refractivity contribution is 9.12. The second kappa shape index (κ2) is 2.18. The second-order valence-corrected chi connectivity index (χ2v) is 2.24. The van der Waals surface area contributed by atoms with Gasteiger partial charge in [-0.3, -0.25) is 9.59 Å². The molecule has 47 valence electrons. The van der Waals surface area contributed by atoms with Crippen LogP contribution in [0.1, 0.15) is 0 Å². The van der Waals surface area contributed by atoms with Gasteiger partial charge in [-0.05, 0) is 15.9 Å². The van der Waals surface area contributed by atoms with Gasteiger partial charge in [-0.1, -0.05) is 0 Å². The first kappa shape index (κ1) is 6.28. The molecular formula is C4H2BrN2O2. The summed E-state index contributed by atoms with van der Waals surface area (Å²) >= 11 is 2.85. The third-order valence-electron chi connectivity index (χ3n) is 0.730. The summed E-state index contributed by atoms with van der Waals surface area (Å²) in [5.74, 6) is -0.851. The molecule has 0 aliphatic carbocycles. The average Bonchev–Trinajstić information content (AvgIpc) is 1.80. The molecule has 1 heterocycles. The van der Waals surface area contributed by atoms with Crippen LogP contribution in [0.4, 0.5) is 0 Å². The van der Waals surface area contributed by atoms with Crippen molar-refractivity contribution in [3.63, 3.8) is 0 Å². The number of nitrogens with zero attached hydrogens (tertiary/aromatic N) is 1. The van der Waals surface area contributed by atoms with Crippen LogP contribution in [0.5, 0.6) is 0 Å². The number of carbonyl (C=O) groups is 2. The van der Waals surface area contributed by atoms with Crippen LogP contribution in [0, 0.1) is 0 Å². The number of halogens is 1. The van der Waals surface area contributed by atoms with E-state index in [0.717, 1.165) is 6.08 Å². The van der Waals surface area contributed by atoms with Gasteiger partial charge in [-0.2, -0.15) is 0 Å². The van der Waals surface area contributed by atoms with Gasteiger partial charge in [-0.15, -0.1) is 5.43 Å². The van der Waals surface area contributed by atoms with Gasteiger partial charge >= 0.3 is 5.91 Å². The van der Waals surface area contributed by atoms with Crippen LogP contribution in [-0.2, 0) is 9.59 Å². The smallest absolute Gasteiger partial charge is 0.268 e. The number of amides is 2. The van der Waals surface area contributed by atoms with Gasteiger partial charge < -0.3 is 0 Å². The number of hydrogen-bond acceptors (Lipinski definition) is 2. The maximum absolute atomic E-state index is 10.4. The lowest BCUT2D eigenvalue weighted by Crippen LogP contribution is -2.38. The molecule has 0 aromatic rings. The summed E-state index contributed by atoms with van der Waals surface area (Å²) in [5.41, 5.74) is 5.13. The largest absolute Gasteiger partial charge is 0.300 e. The van der Waals surface area contributed by atoms with Crippen LogP contribution in [0.25, 0.3) is 0 Å². The Balaban J connectivity index is 2.84. The van der Waals surface area contributed by atoms with Crippen LogP contribution >= 0.6 is 15.9 Å². The Morgan fingerprint density at radius 1 is 1.56 bits per heavy atom. The number of hydrogen-bond donors (Lipinski definition) is 1. The minimum absolute atomic E-state index is 0.186. The molecule has 1 aliphatic rings. The summed E-state index contributed by atoms with van der Waals surface area (Å²) in [7, 11) is 0. The van der Waals surface area contributed by atoms with Gasteiger partial charge in [-0.25, -0.2) is 5.43 Å². The highest BCUT2D eigenvalue weighted by atomic mass is 79.9. The van der Waals surface area contributed by atoms with E-state index in [2.05, 4.69) is 21.4 Å². The summed E-state index contributed by atoms with van der Waals surface area (Å²) in [5, 5.41) is 0. The molecule has 1 aliphatic heterocycles. The molecule has 1 N–H and O–H groups in total. The lowest BCUT2D eigenvalue weighted by molar-refractivity contribution is -0.126. The quantitative estimate of drug-likeness (QED) is 0.556. The SMILES string of the molecule is O=C1C=C(Br)C(=O)[N]N1. The van der Waals surface area contributed by atoms with Crippen molar-refractivity contribution in [2.24, 2.45) is 0 Å². The van der Waals surface area contributed by atoms with E-state index in [-0.39, 0.29) is 10.4 Å². The van der Waals surface area contributed by atoms with Crippen molar-refractivity contribution in [2.45, 2.75) is 0 Å². The van der Waals surface area contributed by atoms with Gasteiger partial charge in [0.2, 0.25) is 0 Å². The van der Waals surface area contributed by atoms with Gasteiger partial charge in [0.25, 0.3) is 5.91 Å². The Kier molecular flexibility index (Phi) is 1.52. The highest BCUT2D eigenvalue weighted by Crippen LogP contribution is 2.06. The van der Waals surface area contributed by atoms with Crippen molar-refractivity contribution >= 4 is 27.7 Å². The molecule has 0 unspecified atom stereocenters. The maximum Gasteiger partial charge on any atom is 0.300 e. The monoisotopic (exact) mass is 189 g/mol. The van der Waals surface area contributed by atoms with E-state index in [1.807, 2.05) is 5.43 Å². The molecule has 0 spiro atoms. The molecule has 0 aromatic heterocycles. The Labute approximate surface area is 59.4 Å². The molecule has 9 heavy (non-hydrogen) atoms. The Bertz CT molecular complexity index is 199. The van der Waals surface area contributed by atoms with Crippen molar-refractivity contribution in [3.8, 4) is 0 Å². The maximum atomic E-state index is 10.4. The van der Waals surface area contributed by atoms with E-state index in [1.165, 1.54) is 0 Å². The fourth-order valence-electron chi connectivity index (χ4n) is 0.368. The molecule has 0 fully saturated rings. The van der Waals surface area contributed by atoms with E-state index in [4.69, 9.17) is 0 Å². The second-order valence-electron chi connectivity index (χ2n) is 1.39. The van der Waals surface area contributed by atoms with Gasteiger partial charge in [0.05, 0.1) is 4.48 Å². The Morgan fingerprint density at radius 2 is 2.22 bits per heavy atom. The zero-order valence-electron chi connectivity index (χ0n) is 4.22. The average molecular weight is 190 g/mol. The van der Waals surface area contributed by atoms with E-state index < -0.39 is 5.91 Å². The first-order valence-corrected chi connectivity index (χ1v) is 2.91. The number of carbonyl (C=O) groups excluding carboxylic acids is 2. The predicted octanol–water partition coefficient (Wildman–Crippen LogP) is -0.559. The van der Waals surface area contributed by atoms with Crippen LogP contribution in [0.2, 0.25) is 0 Å². The summed E-state index contributed by atoms with van der Waals surface area (Å²) in [6.07, 6.45) is 1.13. The van der Waals surface area contributed by atoms with Gasteiger partial charge in [0.1, 0.15) is 0 Å². The molecule has 0 saturated heterocycles. The van der Waals surface area contributed by atoms with E-state index in [0.29, 0.717) is 0 Å². The first-order chi connectivity index (χ1) is 4.20. The number of nitrogens with one attached hydrogen (secondary N) is 1.